The van der Waals surface area contributed by atoms with Crippen LogP contribution in [0.2, 0.25) is 0 Å². The van der Waals surface area contributed by atoms with Gasteiger partial charge in [-0.3, -0.25) is 0 Å². The highest BCUT2D eigenvalue weighted by molar-refractivity contribution is 5.90. The average Bonchev–Trinajstić information content (AvgIpc) is 3.92. The van der Waals surface area contributed by atoms with Gasteiger partial charge in [0.05, 0.1) is 0 Å². The van der Waals surface area contributed by atoms with Gasteiger partial charge in [0, 0.05) is 16.2 Å². The van der Waals surface area contributed by atoms with Crippen LogP contribution in [-0.2, 0) is 16.2 Å². The standard InChI is InChI=1S/C63H74/c1-13-39(7)61(40(8)14-2)55-25-21-19-23-49(55)51-31-27-45(35-57(51)61)47-29-33-53-54-34-30-48(38-60(54)63(43(11)17-5,44(12)18-6)59(53)37-47)46-28-32-52-50-24-20-22-26-56(50)62(41(9)15-3,42(10)16-4)58(52)36-46/h19-44H,13-18H2,1-12H3. The molecule has 0 heterocycles. The quantitative estimate of drug-likeness (QED) is 0.103. The molecule has 6 atom stereocenters. The first-order valence-corrected chi connectivity index (χ1v) is 25.2. The molecule has 0 saturated carbocycles. The lowest BCUT2D eigenvalue weighted by molar-refractivity contribution is 0.235. The van der Waals surface area contributed by atoms with E-state index in [1.165, 1.54) is 89.0 Å². The Bertz CT molecular complexity index is 2460. The zero-order valence-electron chi connectivity index (χ0n) is 40.8. The second-order valence-electron chi connectivity index (χ2n) is 20.6. The Balaban J connectivity index is 1.21. The molecule has 0 saturated heterocycles. The van der Waals surface area contributed by atoms with E-state index in [0.29, 0.717) is 35.5 Å². The highest BCUT2D eigenvalue weighted by atomic mass is 14.6. The summed E-state index contributed by atoms with van der Waals surface area (Å²) in [6.45, 7) is 29.5. The molecule has 0 fully saturated rings. The van der Waals surface area contributed by atoms with Crippen molar-refractivity contribution in [2.24, 2.45) is 35.5 Å². The van der Waals surface area contributed by atoms with E-state index in [1.54, 1.807) is 0 Å². The minimum atomic E-state index is -0.103. The molecule has 0 N–H and O–H groups in total. The number of hydrogen-bond donors (Lipinski definition) is 0. The number of benzene rings is 6. The Labute approximate surface area is 382 Å². The third-order valence-electron chi connectivity index (χ3n) is 18.5. The van der Waals surface area contributed by atoms with Crippen molar-refractivity contribution in [3.63, 3.8) is 0 Å². The topological polar surface area (TPSA) is 0 Å². The number of fused-ring (bicyclic) bond motifs is 9. The van der Waals surface area contributed by atoms with Crippen molar-refractivity contribution in [2.75, 3.05) is 0 Å². The van der Waals surface area contributed by atoms with Crippen molar-refractivity contribution >= 4 is 0 Å². The van der Waals surface area contributed by atoms with Crippen molar-refractivity contribution in [1.29, 1.82) is 0 Å². The smallest absolute Gasteiger partial charge is 0.0266 e. The van der Waals surface area contributed by atoms with E-state index in [0.717, 1.165) is 38.5 Å². The van der Waals surface area contributed by atoms with Crippen molar-refractivity contribution in [2.45, 2.75) is 138 Å². The van der Waals surface area contributed by atoms with E-state index in [4.69, 9.17) is 0 Å². The third-order valence-corrected chi connectivity index (χ3v) is 18.5. The second-order valence-corrected chi connectivity index (χ2v) is 20.6. The molecule has 0 aliphatic heterocycles. The predicted molar refractivity (Wildman–Crippen MR) is 273 cm³/mol. The Kier molecular flexibility index (Phi) is 11.3. The maximum atomic E-state index is 2.64. The van der Waals surface area contributed by atoms with Gasteiger partial charge in [-0.15, -0.1) is 0 Å². The molecular formula is C63H74. The van der Waals surface area contributed by atoms with E-state index in [9.17, 15) is 0 Å². The summed E-state index contributed by atoms with van der Waals surface area (Å²) < 4.78 is 0. The van der Waals surface area contributed by atoms with Gasteiger partial charge in [-0.1, -0.05) is 219 Å². The second kappa shape index (κ2) is 16.4. The highest BCUT2D eigenvalue weighted by Gasteiger charge is 2.52. The van der Waals surface area contributed by atoms with Crippen LogP contribution in [0, 0.1) is 35.5 Å². The van der Waals surface area contributed by atoms with Crippen LogP contribution in [0.1, 0.15) is 155 Å². The predicted octanol–water partition coefficient (Wildman–Crippen LogP) is 18.1. The van der Waals surface area contributed by atoms with Gasteiger partial charge in [0.2, 0.25) is 0 Å². The van der Waals surface area contributed by atoms with Crippen LogP contribution in [0.3, 0.4) is 0 Å². The minimum absolute atomic E-state index is 0.00479. The monoisotopic (exact) mass is 831 g/mol. The van der Waals surface area contributed by atoms with Crippen molar-refractivity contribution < 1.29 is 0 Å². The maximum Gasteiger partial charge on any atom is 0.0266 e. The molecule has 6 aromatic carbocycles. The van der Waals surface area contributed by atoms with Crippen molar-refractivity contribution in [3.8, 4) is 55.6 Å². The zero-order valence-corrected chi connectivity index (χ0v) is 40.8. The molecule has 326 valence electrons. The molecule has 0 aromatic heterocycles. The van der Waals surface area contributed by atoms with E-state index >= 15 is 0 Å². The van der Waals surface area contributed by atoms with Gasteiger partial charge in [0.25, 0.3) is 0 Å². The molecule has 0 amide bonds. The summed E-state index contributed by atoms with van der Waals surface area (Å²) in [5.74, 6) is 3.04. The summed E-state index contributed by atoms with van der Waals surface area (Å²) >= 11 is 0. The Hall–Kier alpha value is -4.68. The van der Waals surface area contributed by atoms with Crippen molar-refractivity contribution in [1.82, 2.24) is 0 Å². The van der Waals surface area contributed by atoms with E-state index < -0.39 is 0 Å². The molecule has 3 aliphatic rings. The molecule has 9 rings (SSSR count). The molecule has 0 heteroatoms. The SMILES string of the molecule is CCC(C)C1(C(C)CC)c2ccccc2-c2ccc(-c3ccc4c(c3)C(C(C)CC)(C(C)CC)c3cc(-c5ccc6c(c5)C(C(C)CC)(C(C)CC)c5ccccc5-6)ccc3-4)cc21. The van der Waals surface area contributed by atoms with Gasteiger partial charge in [0.15, 0.2) is 0 Å². The van der Waals surface area contributed by atoms with Crippen LogP contribution in [0.5, 0.6) is 0 Å². The fourth-order valence-electron chi connectivity index (χ4n) is 14.4. The Morgan fingerprint density at radius 1 is 0.270 bits per heavy atom. The molecule has 0 bridgehead atoms. The summed E-state index contributed by atoms with van der Waals surface area (Å²) in [6.07, 6.45) is 6.88. The van der Waals surface area contributed by atoms with Crippen molar-refractivity contribution in [3.05, 3.63) is 155 Å². The highest BCUT2D eigenvalue weighted by Crippen LogP contribution is 2.62. The van der Waals surface area contributed by atoms with Crippen LogP contribution in [0.15, 0.2) is 121 Å². The molecule has 6 aromatic rings. The van der Waals surface area contributed by atoms with Gasteiger partial charge in [-0.2, -0.15) is 0 Å². The summed E-state index contributed by atoms with van der Waals surface area (Å²) in [7, 11) is 0. The van der Waals surface area contributed by atoms with Crippen LogP contribution < -0.4 is 0 Å². The van der Waals surface area contributed by atoms with Crippen LogP contribution in [0.4, 0.5) is 0 Å². The summed E-state index contributed by atoms with van der Waals surface area (Å²) in [5, 5.41) is 0. The van der Waals surface area contributed by atoms with Gasteiger partial charge < -0.3 is 0 Å². The average molecular weight is 831 g/mol. The summed E-state index contributed by atoms with van der Waals surface area (Å²) in [6, 6.07) is 48.9. The minimum Gasteiger partial charge on any atom is -0.0651 e. The van der Waals surface area contributed by atoms with Gasteiger partial charge in [0.1, 0.15) is 0 Å². The third kappa shape index (κ3) is 5.84. The van der Waals surface area contributed by atoms with Gasteiger partial charge >= 0.3 is 0 Å². The van der Waals surface area contributed by atoms with Gasteiger partial charge in [-0.25, -0.2) is 0 Å². The van der Waals surface area contributed by atoms with E-state index in [2.05, 4.69) is 204 Å². The lowest BCUT2D eigenvalue weighted by atomic mass is 9.59. The summed E-state index contributed by atoms with van der Waals surface area (Å²) in [4.78, 5) is 0. The normalized spacial score (nSPS) is 23.1. The first-order chi connectivity index (χ1) is 30.5. The fraction of sp³-hybridized carbons (Fsp3) is 0.429. The molecule has 0 spiro atoms. The lowest BCUT2D eigenvalue weighted by Crippen LogP contribution is -2.39. The zero-order chi connectivity index (χ0) is 44.6. The van der Waals surface area contributed by atoms with Crippen LogP contribution in [0.25, 0.3) is 55.6 Å². The maximum absolute atomic E-state index is 2.64. The molecule has 0 radical (unpaired) electrons. The number of hydrogen-bond acceptors (Lipinski definition) is 0. The molecule has 63 heavy (non-hydrogen) atoms. The van der Waals surface area contributed by atoms with E-state index in [-0.39, 0.29) is 16.2 Å². The summed E-state index contributed by atoms with van der Waals surface area (Å²) in [5.41, 5.74) is 23.1. The first-order valence-electron chi connectivity index (χ1n) is 25.2. The molecule has 0 nitrogen and oxygen atoms in total. The Morgan fingerprint density at radius 2 is 0.476 bits per heavy atom. The van der Waals surface area contributed by atoms with Crippen LogP contribution in [-0.4, -0.2) is 0 Å². The fourth-order valence-corrected chi connectivity index (χ4v) is 14.4. The molecular weight excluding hydrogens is 757 g/mol. The Morgan fingerprint density at radius 3 is 0.714 bits per heavy atom. The first kappa shape index (κ1) is 43.6. The van der Waals surface area contributed by atoms with Crippen LogP contribution >= 0.6 is 0 Å². The molecule has 6 unspecified atom stereocenters. The largest absolute Gasteiger partial charge is 0.0651 e. The molecule has 3 aliphatic carbocycles. The number of rotatable bonds is 14. The van der Waals surface area contributed by atoms with Gasteiger partial charge in [-0.05, 0) is 149 Å². The lowest BCUT2D eigenvalue weighted by Gasteiger charge is -2.43. The van der Waals surface area contributed by atoms with E-state index in [1.807, 2.05) is 0 Å².